The Kier molecular flexibility index (Phi) is 11.2. The van der Waals surface area contributed by atoms with E-state index in [9.17, 15) is 22.4 Å². The van der Waals surface area contributed by atoms with Crippen LogP contribution in [-0.4, -0.2) is 62.7 Å². The standard InChI is InChI=1S/C30H37FN4O4S/c1-4-5-20-32-30(37)28(21-24-12-8-6-9-13-24)34(22-25-16-18-26(31)19-17-25)29(36)23-35(40(38,39)33(2)3)27-14-10-7-11-15-27/h6-19,28H,4-5,20-23H2,1-3H3,(H,32,37)/t28-/m1/s1. The van der Waals surface area contributed by atoms with Gasteiger partial charge < -0.3 is 10.2 Å². The van der Waals surface area contributed by atoms with Gasteiger partial charge in [0.05, 0.1) is 5.69 Å². The number of carbonyl (C=O) groups excluding carboxylic acids is 2. The number of amides is 2. The third-order valence-electron chi connectivity index (χ3n) is 6.43. The summed E-state index contributed by atoms with van der Waals surface area (Å²) in [6.45, 7) is 1.92. The van der Waals surface area contributed by atoms with Crippen LogP contribution in [-0.2, 0) is 32.8 Å². The molecule has 2 amide bonds. The number of nitrogens with one attached hydrogen (secondary N) is 1. The van der Waals surface area contributed by atoms with E-state index in [0.29, 0.717) is 17.8 Å². The second-order valence-electron chi connectivity index (χ2n) is 9.63. The Morgan fingerprint density at radius 1 is 0.875 bits per heavy atom. The summed E-state index contributed by atoms with van der Waals surface area (Å²) in [7, 11) is -1.26. The van der Waals surface area contributed by atoms with Gasteiger partial charge in [0.1, 0.15) is 18.4 Å². The summed E-state index contributed by atoms with van der Waals surface area (Å²) in [5.41, 5.74) is 1.77. The molecule has 3 aromatic rings. The van der Waals surface area contributed by atoms with E-state index in [-0.39, 0.29) is 18.9 Å². The number of nitrogens with zero attached hydrogens (tertiary/aromatic N) is 3. The summed E-state index contributed by atoms with van der Waals surface area (Å²) in [4.78, 5) is 29.0. The van der Waals surface area contributed by atoms with Crippen LogP contribution in [0.2, 0.25) is 0 Å². The van der Waals surface area contributed by atoms with Crippen LogP contribution in [0, 0.1) is 5.82 Å². The van der Waals surface area contributed by atoms with Gasteiger partial charge in [0.2, 0.25) is 11.8 Å². The van der Waals surface area contributed by atoms with E-state index in [1.165, 1.54) is 31.1 Å². The van der Waals surface area contributed by atoms with Gasteiger partial charge in [0.15, 0.2) is 0 Å². The summed E-state index contributed by atoms with van der Waals surface area (Å²) in [5.74, 6) is -1.33. The molecule has 1 atom stereocenters. The fraction of sp³-hybridized carbons (Fsp3) is 0.333. The van der Waals surface area contributed by atoms with Gasteiger partial charge in [-0.15, -0.1) is 0 Å². The van der Waals surface area contributed by atoms with Crippen LogP contribution < -0.4 is 9.62 Å². The molecule has 0 unspecified atom stereocenters. The molecule has 3 aromatic carbocycles. The molecule has 0 aromatic heterocycles. The first-order chi connectivity index (χ1) is 19.1. The third-order valence-corrected chi connectivity index (χ3v) is 8.25. The van der Waals surface area contributed by atoms with Crippen molar-refractivity contribution in [3.05, 3.63) is 102 Å². The molecular weight excluding hydrogens is 531 g/mol. The summed E-state index contributed by atoms with van der Waals surface area (Å²) in [6.07, 6.45) is 1.88. The van der Waals surface area contributed by atoms with Crippen molar-refractivity contribution in [2.45, 2.75) is 38.8 Å². The number of unbranched alkanes of at least 4 members (excludes halogenated alkanes) is 1. The number of halogens is 1. The third kappa shape index (κ3) is 8.37. The van der Waals surface area contributed by atoms with Crippen molar-refractivity contribution in [3.63, 3.8) is 0 Å². The number of hydrogen-bond acceptors (Lipinski definition) is 4. The lowest BCUT2D eigenvalue weighted by molar-refractivity contribution is -0.140. The van der Waals surface area contributed by atoms with E-state index in [2.05, 4.69) is 5.32 Å². The van der Waals surface area contributed by atoms with Crippen molar-refractivity contribution in [1.29, 1.82) is 0 Å². The van der Waals surface area contributed by atoms with E-state index in [0.717, 1.165) is 27.0 Å². The highest BCUT2D eigenvalue weighted by atomic mass is 32.2. The number of hydrogen-bond donors (Lipinski definition) is 1. The Hall–Kier alpha value is -3.76. The van der Waals surface area contributed by atoms with Crippen LogP contribution >= 0.6 is 0 Å². The van der Waals surface area contributed by atoms with Crippen molar-refractivity contribution in [2.75, 3.05) is 31.5 Å². The van der Waals surface area contributed by atoms with Crippen molar-refractivity contribution in [2.24, 2.45) is 0 Å². The molecule has 214 valence electrons. The minimum atomic E-state index is -4.05. The number of anilines is 1. The average Bonchev–Trinajstić information content (AvgIpc) is 2.95. The molecule has 8 nitrogen and oxygen atoms in total. The van der Waals surface area contributed by atoms with Crippen LogP contribution in [0.5, 0.6) is 0 Å². The number of carbonyl (C=O) groups is 2. The average molecular weight is 569 g/mol. The summed E-state index contributed by atoms with van der Waals surface area (Å²) < 4.78 is 42.4. The molecule has 0 fully saturated rings. The Morgan fingerprint density at radius 2 is 1.48 bits per heavy atom. The minimum absolute atomic E-state index is 0.0115. The molecule has 40 heavy (non-hydrogen) atoms. The van der Waals surface area contributed by atoms with Crippen molar-refractivity contribution in [3.8, 4) is 0 Å². The van der Waals surface area contributed by atoms with Crippen LogP contribution in [0.25, 0.3) is 0 Å². The summed E-state index contributed by atoms with van der Waals surface area (Å²) in [5, 5.41) is 2.93. The Morgan fingerprint density at radius 3 is 2.05 bits per heavy atom. The Labute approximate surface area is 236 Å². The zero-order valence-electron chi connectivity index (χ0n) is 23.2. The highest BCUT2D eigenvalue weighted by Gasteiger charge is 2.34. The first kappa shape index (κ1) is 30.8. The van der Waals surface area contributed by atoms with Gasteiger partial charge in [-0.2, -0.15) is 12.7 Å². The molecule has 0 spiro atoms. The largest absolute Gasteiger partial charge is 0.354 e. The van der Waals surface area contributed by atoms with Gasteiger partial charge in [-0.25, -0.2) is 8.70 Å². The number of para-hydroxylation sites is 1. The highest BCUT2D eigenvalue weighted by Crippen LogP contribution is 2.21. The lowest BCUT2D eigenvalue weighted by Gasteiger charge is -2.34. The SMILES string of the molecule is CCCCNC(=O)[C@@H](Cc1ccccc1)N(Cc1ccc(F)cc1)C(=O)CN(c1ccccc1)S(=O)(=O)N(C)C. The second-order valence-corrected chi connectivity index (χ2v) is 11.7. The molecule has 0 radical (unpaired) electrons. The molecule has 10 heteroatoms. The van der Waals surface area contributed by atoms with Crippen LogP contribution in [0.4, 0.5) is 10.1 Å². The molecule has 0 aliphatic rings. The predicted molar refractivity (Wildman–Crippen MR) is 155 cm³/mol. The minimum Gasteiger partial charge on any atom is -0.354 e. The zero-order valence-corrected chi connectivity index (χ0v) is 24.0. The van der Waals surface area contributed by atoms with Crippen LogP contribution in [0.3, 0.4) is 0 Å². The maximum Gasteiger partial charge on any atom is 0.304 e. The van der Waals surface area contributed by atoms with Crippen LogP contribution in [0.1, 0.15) is 30.9 Å². The first-order valence-electron chi connectivity index (χ1n) is 13.2. The monoisotopic (exact) mass is 568 g/mol. The zero-order chi connectivity index (χ0) is 29.1. The maximum atomic E-state index is 14.1. The molecule has 3 rings (SSSR count). The lowest BCUT2D eigenvalue weighted by atomic mass is 10.0. The van der Waals surface area contributed by atoms with E-state index >= 15 is 0 Å². The van der Waals surface area contributed by atoms with Gasteiger partial charge in [-0.1, -0.05) is 74.0 Å². The number of benzene rings is 3. The number of rotatable bonds is 14. The van der Waals surface area contributed by atoms with Gasteiger partial charge >= 0.3 is 10.2 Å². The molecule has 0 heterocycles. The first-order valence-corrected chi connectivity index (χ1v) is 14.6. The van der Waals surface area contributed by atoms with E-state index < -0.39 is 34.5 Å². The maximum absolute atomic E-state index is 14.1. The van der Waals surface area contributed by atoms with Crippen LogP contribution in [0.15, 0.2) is 84.9 Å². The fourth-order valence-corrected chi connectivity index (χ4v) is 5.21. The Bertz CT molecular complexity index is 1340. The second kappa shape index (κ2) is 14.6. The molecule has 0 aliphatic carbocycles. The fourth-order valence-electron chi connectivity index (χ4n) is 4.16. The van der Waals surface area contributed by atoms with Gasteiger partial charge in [-0.3, -0.25) is 9.59 Å². The predicted octanol–water partition coefficient (Wildman–Crippen LogP) is 3.99. The van der Waals surface area contributed by atoms with Gasteiger partial charge in [-0.05, 0) is 41.8 Å². The molecular formula is C30H37FN4O4S. The molecule has 0 saturated carbocycles. The normalized spacial score (nSPS) is 12.1. The molecule has 0 aliphatic heterocycles. The molecule has 0 saturated heterocycles. The smallest absolute Gasteiger partial charge is 0.304 e. The van der Waals surface area contributed by atoms with Gasteiger partial charge in [0, 0.05) is 33.6 Å². The quantitative estimate of drug-likeness (QED) is 0.298. The molecule has 0 bridgehead atoms. The highest BCUT2D eigenvalue weighted by molar-refractivity contribution is 7.90. The van der Waals surface area contributed by atoms with Gasteiger partial charge in [0.25, 0.3) is 0 Å². The molecule has 1 N–H and O–H groups in total. The van der Waals surface area contributed by atoms with Crippen molar-refractivity contribution < 1.29 is 22.4 Å². The van der Waals surface area contributed by atoms with E-state index in [4.69, 9.17) is 0 Å². The topological polar surface area (TPSA) is 90.0 Å². The summed E-state index contributed by atoms with van der Waals surface area (Å²) in [6, 6.07) is 22.4. The Balaban J connectivity index is 2.05. The lowest BCUT2D eigenvalue weighted by Crippen LogP contribution is -2.54. The summed E-state index contributed by atoms with van der Waals surface area (Å²) >= 11 is 0. The van der Waals surface area contributed by atoms with E-state index in [1.807, 2.05) is 37.3 Å². The van der Waals surface area contributed by atoms with Crippen molar-refractivity contribution >= 4 is 27.7 Å². The van der Waals surface area contributed by atoms with E-state index in [1.54, 1.807) is 42.5 Å². The van der Waals surface area contributed by atoms with Crippen molar-refractivity contribution in [1.82, 2.24) is 14.5 Å².